The Morgan fingerprint density at radius 2 is 2.18 bits per heavy atom. The molecule has 1 atom stereocenters. The molecule has 1 aromatic heterocycles. The van der Waals surface area contributed by atoms with E-state index in [9.17, 15) is 0 Å². The smallest absolute Gasteiger partial charge is 0.0477 e. The number of H-pyrrole nitrogens is 1. The molecule has 3 N–H and O–H groups in total. The van der Waals surface area contributed by atoms with Gasteiger partial charge in [-0.05, 0) is 37.4 Å². The van der Waals surface area contributed by atoms with Crippen LogP contribution in [0.5, 0.6) is 0 Å². The summed E-state index contributed by atoms with van der Waals surface area (Å²) in [7, 11) is 0. The first-order valence-electron chi connectivity index (χ1n) is 6.34. The highest BCUT2D eigenvalue weighted by molar-refractivity contribution is 5.85. The Labute approximate surface area is 101 Å². The standard InChI is InChI=1S/C14H18N2O/c17-9-3-6-13-14-11(7-8-15-13)10-4-1-2-5-12(10)16-14/h1-2,4-5,13,15-17H,3,6-9H2/t13-/m1/s1. The number of rotatable bonds is 3. The van der Waals surface area contributed by atoms with Crippen molar-refractivity contribution in [1.82, 2.24) is 10.3 Å². The fraction of sp³-hybridized carbons (Fsp3) is 0.429. The van der Waals surface area contributed by atoms with Crippen molar-refractivity contribution < 1.29 is 5.11 Å². The van der Waals surface area contributed by atoms with Crippen molar-refractivity contribution in [2.45, 2.75) is 25.3 Å². The second-order valence-electron chi connectivity index (χ2n) is 4.69. The normalized spacial score (nSPS) is 19.5. The summed E-state index contributed by atoms with van der Waals surface area (Å²) < 4.78 is 0. The van der Waals surface area contributed by atoms with Gasteiger partial charge in [0.25, 0.3) is 0 Å². The van der Waals surface area contributed by atoms with Gasteiger partial charge in [-0.15, -0.1) is 0 Å². The predicted molar refractivity (Wildman–Crippen MR) is 69.1 cm³/mol. The number of aliphatic hydroxyl groups is 1. The number of aromatic amines is 1. The molecule has 1 aliphatic heterocycles. The minimum atomic E-state index is 0.272. The maximum atomic E-state index is 8.95. The van der Waals surface area contributed by atoms with Gasteiger partial charge in [0.15, 0.2) is 0 Å². The molecule has 0 fully saturated rings. The van der Waals surface area contributed by atoms with Crippen LogP contribution in [0.2, 0.25) is 0 Å². The van der Waals surface area contributed by atoms with E-state index in [4.69, 9.17) is 5.11 Å². The van der Waals surface area contributed by atoms with Crippen LogP contribution in [0.1, 0.15) is 30.1 Å². The highest BCUT2D eigenvalue weighted by atomic mass is 16.2. The van der Waals surface area contributed by atoms with Crippen molar-refractivity contribution in [3.63, 3.8) is 0 Å². The molecule has 0 saturated carbocycles. The van der Waals surface area contributed by atoms with E-state index in [1.807, 2.05) is 0 Å². The minimum Gasteiger partial charge on any atom is -0.396 e. The summed E-state index contributed by atoms with van der Waals surface area (Å²) in [5, 5.41) is 13.8. The van der Waals surface area contributed by atoms with Crippen LogP contribution in [0.25, 0.3) is 10.9 Å². The van der Waals surface area contributed by atoms with Gasteiger partial charge in [-0.25, -0.2) is 0 Å². The third-order valence-electron chi connectivity index (χ3n) is 3.61. The minimum absolute atomic E-state index is 0.272. The molecule has 0 radical (unpaired) electrons. The molecule has 3 rings (SSSR count). The molecule has 3 heteroatoms. The molecular formula is C14H18N2O. The molecule has 17 heavy (non-hydrogen) atoms. The van der Waals surface area contributed by atoms with Crippen molar-refractivity contribution in [3.8, 4) is 0 Å². The lowest BCUT2D eigenvalue weighted by atomic mass is 9.96. The summed E-state index contributed by atoms with van der Waals surface area (Å²) in [4.78, 5) is 3.53. The zero-order valence-electron chi connectivity index (χ0n) is 9.87. The second kappa shape index (κ2) is 4.51. The molecule has 0 amide bonds. The third kappa shape index (κ3) is 1.85. The molecule has 2 heterocycles. The summed E-state index contributed by atoms with van der Waals surface area (Å²) in [6, 6.07) is 8.87. The van der Waals surface area contributed by atoms with Crippen molar-refractivity contribution in [1.29, 1.82) is 0 Å². The number of hydrogen-bond donors (Lipinski definition) is 3. The van der Waals surface area contributed by atoms with Crippen LogP contribution >= 0.6 is 0 Å². The number of fused-ring (bicyclic) bond motifs is 3. The van der Waals surface area contributed by atoms with Gasteiger partial charge >= 0.3 is 0 Å². The highest BCUT2D eigenvalue weighted by Crippen LogP contribution is 2.31. The molecule has 0 saturated heterocycles. The molecule has 0 spiro atoms. The molecule has 3 nitrogen and oxygen atoms in total. The first kappa shape index (κ1) is 10.8. The van der Waals surface area contributed by atoms with Crippen LogP contribution in [0.3, 0.4) is 0 Å². The second-order valence-corrected chi connectivity index (χ2v) is 4.69. The van der Waals surface area contributed by atoms with E-state index < -0.39 is 0 Å². The Morgan fingerprint density at radius 1 is 1.29 bits per heavy atom. The molecule has 0 unspecified atom stereocenters. The van der Waals surface area contributed by atoms with Crippen molar-refractivity contribution in [2.75, 3.05) is 13.2 Å². The van der Waals surface area contributed by atoms with Gasteiger partial charge in [0.05, 0.1) is 0 Å². The molecule has 90 valence electrons. The number of aromatic nitrogens is 1. The van der Waals surface area contributed by atoms with Gasteiger partial charge in [-0.2, -0.15) is 0 Å². The molecule has 1 aromatic carbocycles. The van der Waals surface area contributed by atoms with Crippen LogP contribution in [-0.4, -0.2) is 23.2 Å². The first-order chi connectivity index (χ1) is 8.40. The highest BCUT2D eigenvalue weighted by Gasteiger charge is 2.22. The maximum absolute atomic E-state index is 8.95. The summed E-state index contributed by atoms with van der Waals surface area (Å²) in [6.07, 6.45) is 2.94. The fourth-order valence-corrected chi connectivity index (χ4v) is 2.80. The topological polar surface area (TPSA) is 48.0 Å². The van der Waals surface area contributed by atoms with Crippen molar-refractivity contribution >= 4 is 10.9 Å². The summed E-state index contributed by atoms with van der Waals surface area (Å²) in [5.74, 6) is 0. The predicted octanol–water partition coefficient (Wildman–Crippen LogP) is 2.13. The molecule has 0 bridgehead atoms. The number of hydrogen-bond acceptors (Lipinski definition) is 2. The molecule has 2 aromatic rings. The molecular weight excluding hydrogens is 212 g/mol. The van der Waals surface area contributed by atoms with E-state index in [0.717, 1.165) is 25.8 Å². The van der Waals surface area contributed by atoms with Gasteiger partial charge < -0.3 is 15.4 Å². The van der Waals surface area contributed by atoms with Crippen LogP contribution in [-0.2, 0) is 6.42 Å². The van der Waals surface area contributed by atoms with E-state index in [2.05, 4.69) is 34.6 Å². The average molecular weight is 230 g/mol. The lowest BCUT2D eigenvalue weighted by Gasteiger charge is -2.24. The SMILES string of the molecule is OCCC[C@H]1NCCc2c1[nH]c1ccccc21. The Morgan fingerprint density at radius 3 is 3.06 bits per heavy atom. The lowest BCUT2D eigenvalue weighted by molar-refractivity contribution is 0.273. The van der Waals surface area contributed by atoms with E-state index in [1.165, 1.54) is 22.2 Å². The summed E-state index contributed by atoms with van der Waals surface area (Å²) >= 11 is 0. The van der Waals surface area contributed by atoms with E-state index in [-0.39, 0.29) is 6.61 Å². The molecule has 0 aliphatic carbocycles. The van der Waals surface area contributed by atoms with Gasteiger partial charge in [0.2, 0.25) is 0 Å². The maximum Gasteiger partial charge on any atom is 0.0477 e. The Bertz CT molecular complexity index is 518. The van der Waals surface area contributed by atoms with Crippen LogP contribution < -0.4 is 5.32 Å². The van der Waals surface area contributed by atoms with Crippen LogP contribution in [0, 0.1) is 0 Å². The summed E-state index contributed by atoms with van der Waals surface area (Å²) in [5.41, 5.74) is 4.02. The molecule has 1 aliphatic rings. The Balaban J connectivity index is 2.02. The number of nitrogens with one attached hydrogen (secondary N) is 2. The van der Waals surface area contributed by atoms with E-state index in [0.29, 0.717) is 6.04 Å². The van der Waals surface area contributed by atoms with Crippen molar-refractivity contribution in [3.05, 3.63) is 35.5 Å². The van der Waals surface area contributed by atoms with Gasteiger partial charge in [-0.3, -0.25) is 0 Å². The van der Waals surface area contributed by atoms with Crippen LogP contribution in [0.4, 0.5) is 0 Å². The zero-order valence-corrected chi connectivity index (χ0v) is 9.87. The average Bonchev–Trinajstić information content (AvgIpc) is 2.75. The van der Waals surface area contributed by atoms with E-state index >= 15 is 0 Å². The van der Waals surface area contributed by atoms with Crippen LogP contribution in [0.15, 0.2) is 24.3 Å². The van der Waals surface area contributed by atoms with Gasteiger partial charge in [0.1, 0.15) is 0 Å². The summed E-state index contributed by atoms with van der Waals surface area (Å²) in [6.45, 7) is 1.30. The van der Waals surface area contributed by atoms with Gasteiger partial charge in [-0.1, -0.05) is 18.2 Å². The first-order valence-corrected chi connectivity index (χ1v) is 6.34. The van der Waals surface area contributed by atoms with Crippen molar-refractivity contribution in [2.24, 2.45) is 0 Å². The van der Waals surface area contributed by atoms with E-state index in [1.54, 1.807) is 0 Å². The Hall–Kier alpha value is -1.32. The monoisotopic (exact) mass is 230 g/mol. The quantitative estimate of drug-likeness (QED) is 0.756. The number of aliphatic hydroxyl groups excluding tert-OH is 1. The Kier molecular flexibility index (Phi) is 2.87. The zero-order chi connectivity index (χ0) is 11.7. The lowest BCUT2D eigenvalue weighted by Crippen LogP contribution is -2.29. The fourth-order valence-electron chi connectivity index (χ4n) is 2.80. The van der Waals surface area contributed by atoms with Gasteiger partial charge in [0, 0.05) is 29.2 Å². The third-order valence-corrected chi connectivity index (χ3v) is 3.61. The number of para-hydroxylation sites is 1. The largest absolute Gasteiger partial charge is 0.396 e. The number of benzene rings is 1.